The van der Waals surface area contributed by atoms with Gasteiger partial charge in [0.2, 0.25) is 0 Å². The number of benzene rings is 1. The second-order valence-electron chi connectivity index (χ2n) is 2.86. The maximum absolute atomic E-state index is 11.4. The van der Waals surface area contributed by atoms with E-state index in [-0.39, 0.29) is 5.91 Å². The SMILES string of the molecule is CCNC(=O)c1ccc(S)cc1C. The zero-order valence-electron chi connectivity index (χ0n) is 7.79. The predicted octanol–water partition coefficient (Wildman–Crippen LogP) is 2.03. The van der Waals surface area contributed by atoms with Crippen molar-refractivity contribution in [3.8, 4) is 0 Å². The van der Waals surface area contributed by atoms with Gasteiger partial charge in [-0.05, 0) is 37.6 Å². The number of amides is 1. The molecule has 13 heavy (non-hydrogen) atoms. The summed E-state index contributed by atoms with van der Waals surface area (Å²) in [6, 6.07) is 5.50. The van der Waals surface area contributed by atoms with Crippen LogP contribution in [0.5, 0.6) is 0 Å². The van der Waals surface area contributed by atoms with Crippen LogP contribution >= 0.6 is 12.6 Å². The van der Waals surface area contributed by atoms with Crippen molar-refractivity contribution < 1.29 is 4.79 Å². The maximum atomic E-state index is 11.4. The zero-order valence-corrected chi connectivity index (χ0v) is 8.69. The molecule has 2 nitrogen and oxygen atoms in total. The third kappa shape index (κ3) is 2.49. The van der Waals surface area contributed by atoms with Crippen LogP contribution in [-0.4, -0.2) is 12.5 Å². The Hall–Kier alpha value is -0.960. The minimum absolute atomic E-state index is 0.0201. The van der Waals surface area contributed by atoms with E-state index < -0.39 is 0 Å². The molecule has 0 spiro atoms. The van der Waals surface area contributed by atoms with E-state index in [1.807, 2.05) is 26.0 Å². The second kappa shape index (κ2) is 4.33. The summed E-state index contributed by atoms with van der Waals surface area (Å²) in [5.74, 6) is -0.0201. The Labute approximate surface area is 83.8 Å². The molecule has 0 aromatic heterocycles. The average Bonchev–Trinajstić information content (AvgIpc) is 2.04. The molecule has 0 radical (unpaired) electrons. The quantitative estimate of drug-likeness (QED) is 0.695. The van der Waals surface area contributed by atoms with Gasteiger partial charge in [-0.25, -0.2) is 0 Å². The Kier molecular flexibility index (Phi) is 3.37. The molecule has 0 aliphatic carbocycles. The van der Waals surface area contributed by atoms with E-state index in [4.69, 9.17) is 0 Å². The number of aryl methyl sites for hydroxylation is 1. The van der Waals surface area contributed by atoms with Crippen LogP contribution in [0.15, 0.2) is 23.1 Å². The van der Waals surface area contributed by atoms with Crippen LogP contribution in [-0.2, 0) is 0 Å². The molecule has 0 unspecified atom stereocenters. The highest BCUT2D eigenvalue weighted by atomic mass is 32.1. The Bertz CT molecular complexity index is 323. The average molecular weight is 195 g/mol. The number of carbonyl (C=O) groups excluding carboxylic acids is 1. The smallest absolute Gasteiger partial charge is 0.251 e. The van der Waals surface area contributed by atoms with Gasteiger partial charge < -0.3 is 5.32 Å². The largest absolute Gasteiger partial charge is 0.352 e. The lowest BCUT2D eigenvalue weighted by atomic mass is 10.1. The van der Waals surface area contributed by atoms with E-state index in [2.05, 4.69) is 17.9 Å². The van der Waals surface area contributed by atoms with Crippen LogP contribution in [0.2, 0.25) is 0 Å². The van der Waals surface area contributed by atoms with Crippen LogP contribution in [0, 0.1) is 6.92 Å². The van der Waals surface area contributed by atoms with Crippen molar-refractivity contribution in [2.24, 2.45) is 0 Å². The van der Waals surface area contributed by atoms with Crippen molar-refractivity contribution in [2.75, 3.05) is 6.54 Å². The highest BCUT2D eigenvalue weighted by Gasteiger charge is 2.06. The molecule has 1 rings (SSSR count). The highest BCUT2D eigenvalue weighted by Crippen LogP contribution is 2.13. The summed E-state index contributed by atoms with van der Waals surface area (Å²) in [5.41, 5.74) is 1.68. The van der Waals surface area contributed by atoms with Crippen LogP contribution < -0.4 is 5.32 Å². The number of thiol groups is 1. The monoisotopic (exact) mass is 195 g/mol. The molecule has 1 aromatic carbocycles. The second-order valence-corrected chi connectivity index (χ2v) is 3.38. The lowest BCUT2D eigenvalue weighted by Crippen LogP contribution is -2.23. The van der Waals surface area contributed by atoms with Gasteiger partial charge in [0.1, 0.15) is 0 Å². The number of hydrogen-bond acceptors (Lipinski definition) is 2. The van der Waals surface area contributed by atoms with Crippen molar-refractivity contribution in [2.45, 2.75) is 18.7 Å². The molecule has 1 N–H and O–H groups in total. The minimum atomic E-state index is -0.0201. The number of hydrogen-bond donors (Lipinski definition) is 2. The Morgan fingerprint density at radius 3 is 2.77 bits per heavy atom. The molecule has 0 heterocycles. The van der Waals surface area contributed by atoms with Gasteiger partial charge >= 0.3 is 0 Å². The Morgan fingerprint density at radius 1 is 1.54 bits per heavy atom. The molecule has 1 aromatic rings. The van der Waals surface area contributed by atoms with Gasteiger partial charge in [-0.3, -0.25) is 4.79 Å². The minimum Gasteiger partial charge on any atom is -0.352 e. The Morgan fingerprint density at radius 2 is 2.23 bits per heavy atom. The fourth-order valence-corrected chi connectivity index (χ4v) is 1.43. The lowest BCUT2D eigenvalue weighted by Gasteiger charge is -2.05. The molecule has 0 fully saturated rings. The van der Waals surface area contributed by atoms with E-state index in [9.17, 15) is 4.79 Å². The fourth-order valence-electron chi connectivity index (χ4n) is 1.16. The maximum Gasteiger partial charge on any atom is 0.251 e. The molecule has 1 amide bonds. The first-order valence-electron chi connectivity index (χ1n) is 4.23. The molecular weight excluding hydrogens is 182 g/mol. The predicted molar refractivity (Wildman–Crippen MR) is 56.4 cm³/mol. The Balaban J connectivity index is 2.95. The fraction of sp³-hybridized carbons (Fsp3) is 0.300. The highest BCUT2D eigenvalue weighted by molar-refractivity contribution is 7.80. The van der Waals surface area contributed by atoms with Crippen molar-refractivity contribution in [3.63, 3.8) is 0 Å². The van der Waals surface area contributed by atoms with Crippen LogP contribution in [0.25, 0.3) is 0 Å². The molecule has 70 valence electrons. The van der Waals surface area contributed by atoms with Gasteiger partial charge in [0.25, 0.3) is 5.91 Å². The topological polar surface area (TPSA) is 29.1 Å². The first-order valence-corrected chi connectivity index (χ1v) is 4.67. The van der Waals surface area contributed by atoms with Crippen LogP contribution in [0.4, 0.5) is 0 Å². The van der Waals surface area contributed by atoms with Gasteiger partial charge in [-0.2, -0.15) is 0 Å². The number of rotatable bonds is 2. The van der Waals surface area contributed by atoms with Crippen molar-refractivity contribution in [3.05, 3.63) is 29.3 Å². The summed E-state index contributed by atoms with van der Waals surface area (Å²) in [6.07, 6.45) is 0. The lowest BCUT2D eigenvalue weighted by molar-refractivity contribution is 0.0955. The first kappa shape index (κ1) is 10.1. The summed E-state index contributed by atoms with van der Waals surface area (Å²) in [7, 11) is 0. The van der Waals surface area contributed by atoms with Crippen molar-refractivity contribution in [1.29, 1.82) is 0 Å². The van der Waals surface area contributed by atoms with Crippen LogP contribution in [0.3, 0.4) is 0 Å². The first-order chi connectivity index (χ1) is 6.15. The zero-order chi connectivity index (χ0) is 9.84. The summed E-state index contributed by atoms with van der Waals surface area (Å²) >= 11 is 4.19. The molecule has 0 aliphatic heterocycles. The van der Waals surface area contributed by atoms with Gasteiger partial charge in [0, 0.05) is 17.0 Å². The van der Waals surface area contributed by atoms with E-state index in [1.165, 1.54) is 0 Å². The summed E-state index contributed by atoms with van der Waals surface area (Å²) in [5, 5.41) is 2.76. The van der Waals surface area contributed by atoms with Gasteiger partial charge in [-0.15, -0.1) is 12.6 Å². The van der Waals surface area contributed by atoms with E-state index in [0.717, 1.165) is 16.0 Å². The van der Waals surface area contributed by atoms with Crippen molar-refractivity contribution in [1.82, 2.24) is 5.32 Å². The normalized spacial score (nSPS) is 9.77. The van der Waals surface area contributed by atoms with Gasteiger partial charge in [0.15, 0.2) is 0 Å². The molecule has 0 bridgehead atoms. The molecule has 0 saturated carbocycles. The third-order valence-electron chi connectivity index (χ3n) is 1.79. The van der Waals surface area contributed by atoms with E-state index in [0.29, 0.717) is 6.54 Å². The van der Waals surface area contributed by atoms with Gasteiger partial charge in [-0.1, -0.05) is 0 Å². The van der Waals surface area contributed by atoms with Gasteiger partial charge in [0.05, 0.1) is 0 Å². The summed E-state index contributed by atoms with van der Waals surface area (Å²) < 4.78 is 0. The molecule has 0 saturated heterocycles. The van der Waals surface area contributed by atoms with Crippen molar-refractivity contribution >= 4 is 18.5 Å². The molecular formula is C10H13NOS. The van der Waals surface area contributed by atoms with E-state index in [1.54, 1.807) is 6.07 Å². The molecule has 0 atom stereocenters. The number of carbonyl (C=O) groups is 1. The van der Waals surface area contributed by atoms with E-state index >= 15 is 0 Å². The standard InChI is InChI=1S/C10H13NOS/c1-3-11-10(12)9-5-4-8(13)6-7(9)2/h4-6,13H,3H2,1-2H3,(H,11,12). The molecule has 3 heteroatoms. The number of nitrogens with one attached hydrogen (secondary N) is 1. The summed E-state index contributed by atoms with van der Waals surface area (Å²) in [6.45, 7) is 4.46. The summed E-state index contributed by atoms with van der Waals surface area (Å²) in [4.78, 5) is 12.3. The molecule has 0 aliphatic rings. The third-order valence-corrected chi connectivity index (χ3v) is 2.07. The van der Waals surface area contributed by atoms with Crippen LogP contribution in [0.1, 0.15) is 22.8 Å².